The van der Waals surface area contributed by atoms with Crippen LogP contribution in [0.4, 0.5) is 11.4 Å². The van der Waals surface area contributed by atoms with Gasteiger partial charge in [0.2, 0.25) is 0 Å². The number of carbonyl (C=O) groups is 1. The number of nitrogens with zero attached hydrogens (tertiary/aromatic N) is 1. The molecule has 0 radical (unpaired) electrons. The third-order valence-electron chi connectivity index (χ3n) is 3.46. The van der Waals surface area contributed by atoms with Crippen LogP contribution < -0.4 is 10.1 Å². The van der Waals surface area contributed by atoms with Gasteiger partial charge in [0.1, 0.15) is 5.75 Å². The monoisotopic (exact) mass is 328 g/mol. The fraction of sp³-hybridized carbons (Fsp3) is 0.278. The number of aryl methyl sites for hydroxylation is 1. The van der Waals surface area contributed by atoms with Crippen molar-refractivity contribution in [1.82, 2.24) is 0 Å². The van der Waals surface area contributed by atoms with Crippen LogP contribution in [-0.4, -0.2) is 17.4 Å². The molecule has 0 aliphatic carbocycles. The van der Waals surface area contributed by atoms with Crippen LogP contribution in [-0.2, 0) is 11.2 Å². The molecule has 0 saturated carbocycles. The van der Waals surface area contributed by atoms with Gasteiger partial charge in [-0.05, 0) is 36.6 Å². The molecule has 2 aromatic rings. The largest absolute Gasteiger partial charge is 0.484 e. The molecule has 2 rings (SSSR count). The maximum absolute atomic E-state index is 11.9. The molecule has 1 N–H and O–H groups in total. The van der Waals surface area contributed by atoms with Crippen LogP contribution in [0.2, 0.25) is 0 Å². The van der Waals surface area contributed by atoms with Gasteiger partial charge in [-0.15, -0.1) is 0 Å². The summed E-state index contributed by atoms with van der Waals surface area (Å²) in [5, 5.41) is 13.4. The normalized spacial score (nSPS) is 10.2. The van der Waals surface area contributed by atoms with Gasteiger partial charge >= 0.3 is 0 Å². The number of non-ortho nitro benzene ring substituents is 1. The molecule has 24 heavy (non-hydrogen) atoms. The van der Waals surface area contributed by atoms with Gasteiger partial charge in [-0.3, -0.25) is 14.9 Å². The van der Waals surface area contributed by atoms with Crippen molar-refractivity contribution in [3.05, 3.63) is 64.2 Å². The molecule has 0 unspecified atom stereocenters. The summed E-state index contributed by atoms with van der Waals surface area (Å²) >= 11 is 0. The van der Waals surface area contributed by atoms with E-state index in [1.54, 1.807) is 6.07 Å². The topological polar surface area (TPSA) is 81.5 Å². The van der Waals surface area contributed by atoms with Crippen LogP contribution in [0.15, 0.2) is 48.5 Å². The van der Waals surface area contributed by atoms with Crippen molar-refractivity contribution in [2.24, 2.45) is 0 Å². The van der Waals surface area contributed by atoms with Crippen LogP contribution in [0.25, 0.3) is 0 Å². The number of amides is 1. The van der Waals surface area contributed by atoms with Crippen molar-refractivity contribution in [3.63, 3.8) is 0 Å². The first-order valence-electron chi connectivity index (χ1n) is 7.84. The molecule has 6 nitrogen and oxygen atoms in total. The Morgan fingerprint density at radius 3 is 2.62 bits per heavy atom. The zero-order valence-corrected chi connectivity index (χ0v) is 13.5. The SMILES string of the molecule is CCCCc1ccc(NC(=O)COc2cccc([N+](=O)[O-])c2)cc1. The molecule has 0 atom stereocenters. The number of nitro groups is 1. The van der Waals surface area contributed by atoms with E-state index in [-0.39, 0.29) is 24.0 Å². The summed E-state index contributed by atoms with van der Waals surface area (Å²) in [5.74, 6) is -0.0305. The van der Waals surface area contributed by atoms with Gasteiger partial charge in [0.05, 0.1) is 11.0 Å². The standard InChI is InChI=1S/C18H20N2O4/c1-2-3-5-14-8-10-15(11-9-14)19-18(21)13-24-17-7-4-6-16(12-17)20(22)23/h4,6-12H,2-3,5,13H2,1H3,(H,19,21). The van der Waals surface area contributed by atoms with E-state index in [0.717, 1.165) is 19.3 Å². The Morgan fingerprint density at radius 1 is 1.21 bits per heavy atom. The number of rotatable bonds is 8. The van der Waals surface area contributed by atoms with E-state index < -0.39 is 4.92 Å². The lowest BCUT2D eigenvalue weighted by Crippen LogP contribution is -2.20. The Kier molecular flexibility index (Phi) is 6.31. The van der Waals surface area contributed by atoms with Crippen molar-refractivity contribution in [1.29, 1.82) is 0 Å². The molecule has 0 aromatic heterocycles. The van der Waals surface area contributed by atoms with Gasteiger partial charge in [0.25, 0.3) is 11.6 Å². The average Bonchev–Trinajstić information content (AvgIpc) is 2.59. The second kappa shape index (κ2) is 8.67. The van der Waals surface area contributed by atoms with Gasteiger partial charge < -0.3 is 10.1 Å². The molecule has 0 spiro atoms. The van der Waals surface area contributed by atoms with E-state index in [2.05, 4.69) is 12.2 Å². The first kappa shape index (κ1) is 17.5. The van der Waals surface area contributed by atoms with E-state index in [1.165, 1.54) is 23.8 Å². The lowest BCUT2D eigenvalue weighted by molar-refractivity contribution is -0.384. The molecule has 1 amide bonds. The summed E-state index contributed by atoms with van der Waals surface area (Å²) < 4.78 is 5.29. The van der Waals surface area contributed by atoms with E-state index in [4.69, 9.17) is 4.74 Å². The summed E-state index contributed by atoms with van der Waals surface area (Å²) in [7, 11) is 0. The lowest BCUT2D eigenvalue weighted by Gasteiger charge is -2.08. The second-order valence-corrected chi connectivity index (χ2v) is 5.39. The third kappa shape index (κ3) is 5.39. The highest BCUT2D eigenvalue weighted by Gasteiger charge is 2.08. The molecule has 0 heterocycles. The first-order valence-corrected chi connectivity index (χ1v) is 7.84. The molecule has 0 fully saturated rings. The summed E-state index contributed by atoms with van der Waals surface area (Å²) in [6, 6.07) is 13.4. The summed E-state index contributed by atoms with van der Waals surface area (Å²) in [6.45, 7) is 1.94. The average molecular weight is 328 g/mol. The van der Waals surface area contributed by atoms with E-state index in [0.29, 0.717) is 5.69 Å². The number of nitrogens with one attached hydrogen (secondary N) is 1. The van der Waals surface area contributed by atoms with E-state index in [9.17, 15) is 14.9 Å². The van der Waals surface area contributed by atoms with Crippen LogP contribution in [0.1, 0.15) is 25.3 Å². The zero-order chi connectivity index (χ0) is 17.4. The number of benzene rings is 2. The van der Waals surface area contributed by atoms with Crippen molar-refractivity contribution in [2.45, 2.75) is 26.2 Å². The van der Waals surface area contributed by atoms with Crippen molar-refractivity contribution in [3.8, 4) is 5.75 Å². The first-order chi connectivity index (χ1) is 11.6. The van der Waals surface area contributed by atoms with Gasteiger partial charge in [-0.2, -0.15) is 0 Å². The quantitative estimate of drug-likeness (QED) is 0.587. The number of hydrogen-bond donors (Lipinski definition) is 1. The van der Waals surface area contributed by atoms with Crippen LogP contribution in [0, 0.1) is 10.1 Å². The Morgan fingerprint density at radius 2 is 1.96 bits per heavy atom. The molecule has 0 bridgehead atoms. The predicted octanol–water partition coefficient (Wildman–Crippen LogP) is 3.95. The zero-order valence-electron chi connectivity index (χ0n) is 13.5. The Balaban J connectivity index is 1.84. The van der Waals surface area contributed by atoms with E-state index >= 15 is 0 Å². The molecule has 0 saturated heterocycles. The Bertz CT molecular complexity index is 698. The maximum Gasteiger partial charge on any atom is 0.273 e. The number of unbranched alkanes of at least 4 members (excludes halogenated alkanes) is 1. The molecule has 2 aromatic carbocycles. The number of ether oxygens (including phenoxy) is 1. The van der Waals surface area contributed by atoms with Crippen LogP contribution in [0.3, 0.4) is 0 Å². The van der Waals surface area contributed by atoms with Crippen molar-refractivity contribution < 1.29 is 14.5 Å². The summed E-state index contributed by atoms with van der Waals surface area (Å²) in [5.41, 5.74) is 1.86. The highest BCUT2D eigenvalue weighted by molar-refractivity contribution is 5.91. The van der Waals surface area contributed by atoms with Crippen LogP contribution >= 0.6 is 0 Å². The van der Waals surface area contributed by atoms with Crippen molar-refractivity contribution >= 4 is 17.3 Å². The van der Waals surface area contributed by atoms with Crippen LogP contribution in [0.5, 0.6) is 5.75 Å². The minimum Gasteiger partial charge on any atom is -0.484 e. The van der Waals surface area contributed by atoms with Gasteiger partial charge in [-0.25, -0.2) is 0 Å². The van der Waals surface area contributed by atoms with Gasteiger partial charge in [0, 0.05) is 11.8 Å². The maximum atomic E-state index is 11.9. The summed E-state index contributed by atoms with van der Waals surface area (Å²) in [4.78, 5) is 22.1. The molecule has 0 aliphatic heterocycles. The number of nitro benzene ring substituents is 1. The minimum atomic E-state index is -0.507. The van der Waals surface area contributed by atoms with E-state index in [1.807, 2.05) is 24.3 Å². The highest BCUT2D eigenvalue weighted by atomic mass is 16.6. The molecular formula is C18H20N2O4. The molecule has 6 heteroatoms. The molecule has 126 valence electrons. The third-order valence-corrected chi connectivity index (χ3v) is 3.46. The Hall–Kier alpha value is -2.89. The number of anilines is 1. The smallest absolute Gasteiger partial charge is 0.273 e. The fourth-order valence-electron chi connectivity index (χ4n) is 2.17. The van der Waals surface area contributed by atoms with Gasteiger partial charge in [-0.1, -0.05) is 31.5 Å². The molecule has 0 aliphatic rings. The number of carbonyl (C=O) groups excluding carboxylic acids is 1. The summed E-state index contributed by atoms with van der Waals surface area (Å²) in [6.07, 6.45) is 3.32. The number of hydrogen-bond acceptors (Lipinski definition) is 4. The second-order valence-electron chi connectivity index (χ2n) is 5.39. The minimum absolute atomic E-state index is 0.0735. The van der Waals surface area contributed by atoms with Crippen molar-refractivity contribution in [2.75, 3.05) is 11.9 Å². The lowest BCUT2D eigenvalue weighted by atomic mass is 10.1. The van der Waals surface area contributed by atoms with Gasteiger partial charge in [0.15, 0.2) is 6.61 Å². The Labute approximate surface area is 140 Å². The fourth-order valence-corrected chi connectivity index (χ4v) is 2.17. The highest BCUT2D eigenvalue weighted by Crippen LogP contribution is 2.19. The molecular weight excluding hydrogens is 308 g/mol. The predicted molar refractivity (Wildman–Crippen MR) is 92.3 cm³/mol.